The third-order valence-electron chi connectivity index (χ3n) is 8.50. The first kappa shape index (κ1) is 38.6. The van der Waals surface area contributed by atoms with Gasteiger partial charge < -0.3 is 24.0 Å². The lowest BCUT2D eigenvalue weighted by atomic mass is 10.0. The number of rotatable bonds is 9. The lowest BCUT2D eigenvalue weighted by Gasteiger charge is -2.35. The van der Waals surface area contributed by atoms with Crippen molar-refractivity contribution in [2.75, 3.05) is 38.1 Å². The zero-order chi connectivity index (χ0) is 36.1. The van der Waals surface area contributed by atoms with Crippen LogP contribution in [0.3, 0.4) is 0 Å². The zero-order valence-electron chi connectivity index (χ0n) is 28.5. The molecule has 1 aliphatic rings. The van der Waals surface area contributed by atoms with Gasteiger partial charge in [0, 0.05) is 43.4 Å². The Bertz CT molecular complexity index is 1800. The Labute approximate surface area is 293 Å². The number of amides is 1. The number of aromatic nitrogens is 1. The van der Waals surface area contributed by atoms with E-state index in [1.165, 1.54) is 59.6 Å². The molecule has 270 valence electrons. The maximum absolute atomic E-state index is 14.4. The van der Waals surface area contributed by atoms with Crippen LogP contribution in [0, 0.1) is 19.8 Å². The van der Waals surface area contributed by atoms with Crippen LogP contribution in [0.5, 0.6) is 5.75 Å². The number of likely N-dealkylation sites (N-methyl/N-ethyl adjacent to an activating group) is 1. The summed E-state index contributed by atoms with van der Waals surface area (Å²) in [6.45, 7) is 8.59. The molecule has 0 saturated heterocycles. The van der Waals surface area contributed by atoms with Crippen LogP contribution in [0.4, 0.5) is 5.69 Å². The highest BCUT2D eigenvalue weighted by molar-refractivity contribution is 7.92. The quantitative estimate of drug-likeness (QED) is 0.309. The van der Waals surface area contributed by atoms with Gasteiger partial charge in [0.1, 0.15) is 16.3 Å². The average molecular weight is 741 g/mol. The van der Waals surface area contributed by atoms with Gasteiger partial charge in [0.15, 0.2) is 5.76 Å². The molecule has 2 aromatic carbocycles. The Balaban J connectivity index is 1.69. The molecule has 0 unspecified atom stereocenters. The van der Waals surface area contributed by atoms with Crippen molar-refractivity contribution in [2.24, 2.45) is 5.92 Å². The van der Waals surface area contributed by atoms with Gasteiger partial charge in [0.2, 0.25) is 10.0 Å². The molecular weight excluding hydrogens is 696 g/mol. The van der Waals surface area contributed by atoms with Gasteiger partial charge in [0.25, 0.3) is 15.9 Å². The van der Waals surface area contributed by atoms with E-state index in [9.17, 15) is 26.7 Å². The summed E-state index contributed by atoms with van der Waals surface area (Å²) in [7, 11) is -6.54. The lowest BCUT2D eigenvalue weighted by molar-refractivity contribution is -0.00835. The standard InChI is InChI=1S/C33H45ClN4O9S2/c1-21-18-38(22(2)20-39)33(40)29-17-27(36-48(41,42)28-13-10-26(34)11-14-28)12-15-30(29)46-23(3)9-7-8-16-45-31(21)19-37(6)49(43,44)32-24(4)35-47-25(32)5/h10-15,17,21-23,31,36,39H,7-9,16,18-20H2,1-6H3/t21-,22-,23-,31+/m1/s1. The first-order valence-corrected chi connectivity index (χ1v) is 19.4. The molecule has 4 rings (SSSR count). The van der Waals surface area contributed by atoms with Crippen molar-refractivity contribution in [2.45, 2.75) is 81.9 Å². The predicted octanol–water partition coefficient (Wildman–Crippen LogP) is 4.86. The zero-order valence-corrected chi connectivity index (χ0v) is 30.9. The van der Waals surface area contributed by atoms with Crippen molar-refractivity contribution in [1.29, 1.82) is 0 Å². The van der Waals surface area contributed by atoms with Crippen molar-refractivity contribution >= 4 is 43.2 Å². The molecule has 2 heterocycles. The van der Waals surface area contributed by atoms with Crippen molar-refractivity contribution in [3.8, 4) is 5.75 Å². The third-order valence-corrected chi connectivity index (χ3v) is 12.2. The minimum atomic E-state index is -4.02. The Morgan fingerprint density at radius 1 is 1.10 bits per heavy atom. The van der Waals surface area contributed by atoms with Crippen LogP contribution >= 0.6 is 11.6 Å². The van der Waals surface area contributed by atoms with Gasteiger partial charge in [-0.05, 0) is 89.4 Å². The Hall–Kier alpha value is -3.21. The monoisotopic (exact) mass is 740 g/mol. The topological polar surface area (TPSA) is 169 Å². The number of fused-ring (bicyclic) bond motifs is 1. The number of hydrogen-bond acceptors (Lipinski definition) is 10. The largest absolute Gasteiger partial charge is 0.490 e. The van der Waals surface area contributed by atoms with E-state index in [0.717, 1.165) is 6.42 Å². The first-order valence-electron chi connectivity index (χ1n) is 16.1. The lowest BCUT2D eigenvalue weighted by Crippen LogP contribution is -2.48. The highest BCUT2D eigenvalue weighted by atomic mass is 35.5. The highest BCUT2D eigenvalue weighted by Gasteiger charge is 2.34. The molecule has 1 amide bonds. The van der Waals surface area contributed by atoms with Gasteiger partial charge in [-0.2, -0.15) is 4.31 Å². The average Bonchev–Trinajstić information content (AvgIpc) is 3.40. The minimum absolute atomic E-state index is 0.00216. The Morgan fingerprint density at radius 2 is 1.80 bits per heavy atom. The number of aryl methyl sites for hydroxylation is 2. The molecule has 0 radical (unpaired) electrons. The van der Waals surface area contributed by atoms with Crippen molar-refractivity contribution in [3.05, 3.63) is 64.5 Å². The number of ether oxygens (including phenoxy) is 2. The molecule has 49 heavy (non-hydrogen) atoms. The molecule has 0 bridgehead atoms. The van der Waals surface area contributed by atoms with Gasteiger partial charge in [-0.3, -0.25) is 9.52 Å². The van der Waals surface area contributed by atoms with E-state index in [0.29, 0.717) is 24.5 Å². The van der Waals surface area contributed by atoms with E-state index >= 15 is 0 Å². The van der Waals surface area contributed by atoms with Gasteiger partial charge in [0.05, 0.1) is 35.3 Å². The number of nitrogens with one attached hydrogen (secondary N) is 1. The van der Waals surface area contributed by atoms with Crippen LogP contribution in [-0.4, -0.2) is 93.8 Å². The minimum Gasteiger partial charge on any atom is -0.490 e. The van der Waals surface area contributed by atoms with E-state index in [1.54, 1.807) is 19.9 Å². The SMILES string of the molecule is Cc1noc(C)c1S(=O)(=O)N(C)C[C@@H]1OCCCC[C@@H](C)Oc2ccc(NS(=O)(=O)c3ccc(Cl)cc3)cc2C(=O)N([C@H](C)CO)C[C@H]1C. The molecule has 0 fully saturated rings. The van der Waals surface area contributed by atoms with E-state index < -0.39 is 44.0 Å². The molecular formula is C33H45ClN4O9S2. The van der Waals surface area contributed by atoms with Gasteiger partial charge in [-0.1, -0.05) is 23.7 Å². The Morgan fingerprint density at radius 3 is 2.43 bits per heavy atom. The van der Waals surface area contributed by atoms with Crippen LogP contribution in [-0.2, 0) is 24.8 Å². The number of carbonyl (C=O) groups is 1. The molecule has 0 aliphatic carbocycles. The summed E-state index contributed by atoms with van der Waals surface area (Å²) in [5.74, 6) is -0.457. The van der Waals surface area contributed by atoms with Crippen LogP contribution in [0.1, 0.15) is 61.8 Å². The molecule has 0 spiro atoms. The van der Waals surface area contributed by atoms with Gasteiger partial charge in [-0.25, -0.2) is 16.8 Å². The van der Waals surface area contributed by atoms with Crippen LogP contribution in [0.2, 0.25) is 5.02 Å². The first-order chi connectivity index (χ1) is 23.0. The second kappa shape index (κ2) is 16.2. The molecule has 13 nitrogen and oxygen atoms in total. The van der Waals surface area contributed by atoms with Gasteiger partial charge >= 0.3 is 0 Å². The summed E-state index contributed by atoms with van der Waals surface area (Å²) in [5, 5.41) is 14.4. The molecule has 3 aromatic rings. The van der Waals surface area contributed by atoms with E-state index in [2.05, 4.69) is 9.88 Å². The number of aliphatic hydroxyl groups excluding tert-OH is 1. The van der Waals surface area contributed by atoms with Gasteiger partial charge in [-0.15, -0.1) is 0 Å². The summed E-state index contributed by atoms with van der Waals surface area (Å²) >= 11 is 5.94. The summed E-state index contributed by atoms with van der Waals surface area (Å²) in [4.78, 5) is 15.8. The van der Waals surface area contributed by atoms with Crippen LogP contribution < -0.4 is 9.46 Å². The molecule has 2 N–H and O–H groups in total. The fourth-order valence-electron chi connectivity index (χ4n) is 5.63. The number of anilines is 1. The van der Waals surface area contributed by atoms with Crippen molar-refractivity contribution in [1.82, 2.24) is 14.4 Å². The normalized spacial score (nSPS) is 20.7. The third kappa shape index (κ3) is 9.32. The number of sulfonamides is 2. The van der Waals surface area contributed by atoms with Crippen molar-refractivity contribution in [3.63, 3.8) is 0 Å². The number of aliphatic hydroxyl groups is 1. The maximum Gasteiger partial charge on any atom is 0.261 e. The van der Waals surface area contributed by atoms with Crippen LogP contribution in [0.25, 0.3) is 0 Å². The molecule has 1 aromatic heterocycles. The summed E-state index contributed by atoms with van der Waals surface area (Å²) in [6, 6.07) is 9.53. The number of carbonyl (C=O) groups excluding carboxylic acids is 1. The van der Waals surface area contributed by atoms with E-state index in [4.69, 9.17) is 25.6 Å². The second-order valence-electron chi connectivity index (χ2n) is 12.5. The van der Waals surface area contributed by atoms with E-state index in [-0.39, 0.29) is 64.0 Å². The number of nitrogens with zero attached hydrogens (tertiary/aromatic N) is 3. The second-order valence-corrected chi connectivity index (χ2v) is 16.6. The highest BCUT2D eigenvalue weighted by Crippen LogP contribution is 2.30. The molecule has 1 aliphatic heterocycles. The fraction of sp³-hybridized carbons (Fsp3) is 0.515. The fourth-order valence-corrected chi connectivity index (χ4v) is 8.27. The smallest absolute Gasteiger partial charge is 0.261 e. The number of hydrogen-bond donors (Lipinski definition) is 2. The van der Waals surface area contributed by atoms with Crippen LogP contribution in [0.15, 0.2) is 56.8 Å². The molecule has 4 atom stereocenters. The summed E-state index contributed by atoms with van der Waals surface area (Å²) in [6.07, 6.45) is 1.14. The summed E-state index contributed by atoms with van der Waals surface area (Å²) in [5.41, 5.74) is 0.488. The molecule has 0 saturated carbocycles. The Kier molecular flexibility index (Phi) is 12.8. The van der Waals surface area contributed by atoms with E-state index in [1.807, 2.05) is 13.8 Å². The number of benzene rings is 2. The predicted molar refractivity (Wildman–Crippen MR) is 185 cm³/mol. The van der Waals surface area contributed by atoms with Crippen molar-refractivity contribution < 1.29 is 40.7 Å². The maximum atomic E-state index is 14.4. The summed E-state index contributed by atoms with van der Waals surface area (Å²) < 4.78 is 74.8. The molecule has 16 heteroatoms. The number of halogens is 1.